The molecule has 1 N–H and O–H groups in total. The first-order chi connectivity index (χ1) is 8.09. The second kappa shape index (κ2) is 4.41. The first kappa shape index (κ1) is 11.4. The molecule has 4 nitrogen and oxygen atoms in total. The number of carbonyl (C=O) groups is 1. The lowest BCUT2D eigenvalue weighted by atomic mass is 10.1. The molecular formula is C13H14N2O2. The average Bonchev–Trinajstić information content (AvgIpc) is 2.76. The standard InChI is InChI=1S/C13H14N2O2/c1-9-4-3-5-11(8-9)15-12(6-7-14-15)10(2)13(16)17/h3-8,10H,1-2H3,(H,16,17). The third kappa shape index (κ3) is 2.20. The molecule has 0 aliphatic heterocycles. The molecule has 0 saturated carbocycles. The monoisotopic (exact) mass is 230 g/mol. The number of carboxylic acid groups (broad SMARTS) is 1. The molecule has 1 heterocycles. The number of carboxylic acids is 1. The van der Waals surface area contributed by atoms with Crippen LogP contribution in [0, 0.1) is 6.92 Å². The van der Waals surface area contributed by atoms with E-state index in [1.54, 1.807) is 23.9 Å². The molecule has 0 aliphatic rings. The lowest BCUT2D eigenvalue weighted by Gasteiger charge is -2.11. The Morgan fingerprint density at radius 3 is 2.82 bits per heavy atom. The van der Waals surface area contributed by atoms with Gasteiger partial charge < -0.3 is 5.11 Å². The Hall–Kier alpha value is -2.10. The Morgan fingerprint density at radius 1 is 1.41 bits per heavy atom. The third-order valence-electron chi connectivity index (χ3n) is 2.73. The van der Waals surface area contributed by atoms with E-state index in [9.17, 15) is 4.79 Å². The average molecular weight is 230 g/mol. The van der Waals surface area contributed by atoms with Crippen LogP contribution in [-0.2, 0) is 4.79 Å². The summed E-state index contributed by atoms with van der Waals surface area (Å²) in [4.78, 5) is 11.0. The predicted octanol–water partition coefficient (Wildman–Crippen LogP) is 2.37. The van der Waals surface area contributed by atoms with Crippen molar-refractivity contribution in [1.29, 1.82) is 0 Å². The van der Waals surface area contributed by atoms with Crippen molar-refractivity contribution >= 4 is 5.97 Å². The fourth-order valence-corrected chi connectivity index (χ4v) is 1.74. The van der Waals surface area contributed by atoms with Crippen LogP contribution in [0.4, 0.5) is 0 Å². The maximum absolute atomic E-state index is 11.0. The summed E-state index contributed by atoms with van der Waals surface area (Å²) in [6.07, 6.45) is 1.62. The summed E-state index contributed by atoms with van der Waals surface area (Å²) in [5.74, 6) is -1.42. The largest absolute Gasteiger partial charge is 0.481 e. The Labute approximate surface area is 99.5 Å². The van der Waals surface area contributed by atoms with Crippen molar-refractivity contribution in [3.63, 3.8) is 0 Å². The van der Waals surface area contributed by atoms with Crippen LogP contribution < -0.4 is 0 Å². The topological polar surface area (TPSA) is 55.1 Å². The van der Waals surface area contributed by atoms with E-state index in [-0.39, 0.29) is 0 Å². The second-order valence-electron chi connectivity index (χ2n) is 4.07. The molecule has 2 aromatic rings. The van der Waals surface area contributed by atoms with Crippen molar-refractivity contribution in [1.82, 2.24) is 9.78 Å². The van der Waals surface area contributed by atoms with Gasteiger partial charge in [-0.3, -0.25) is 4.79 Å². The van der Waals surface area contributed by atoms with Crippen LogP contribution in [0.2, 0.25) is 0 Å². The van der Waals surface area contributed by atoms with E-state index in [0.717, 1.165) is 11.3 Å². The molecule has 2 rings (SSSR count). The molecule has 4 heteroatoms. The van der Waals surface area contributed by atoms with Crippen molar-refractivity contribution in [2.24, 2.45) is 0 Å². The fraction of sp³-hybridized carbons (Fsp3) is 0.231. The zero-order valence-corrected chi connectivity index (χ0v) is 9.79. The van der Waals surface area contributed by atoms with Crippen molar-refractivity contribution < 1.29 is 9.90 Å². The first-order valence-corrected chi connectivity index (χ1v) is 5.43. The number of hydrogen-bond donors (Lipinski definition) is 1. The van der Waals surface area contributed by atoms with Crippen LogP contribution in [0.1, 0.15) is 24.1 Å². The van der Waals surface area contributed by atoms with Gasteiger partial charge in [-0.15, -0.1) is 0 Å². The highest BCUT2D eigenvalue weighted by Crippen LogP contribution is 2.19. The van der Waals surface area contributed by atoms with Gasteiger partial charge >= 0.3 is 5.97 Å². The highest BCUT2D eigenvalue weighted by molar-refractivity contribution is 5.75. The summed E-state index contributed by atoms with van der Waals surface area (Å²) in [6, 6.07) is 9.55. The molecule has 88 valence electrons. The summed E-state index contributed by atoms with van der Waals surface area (Å²) in [5, 5.41) is 13.2. The molecule has 0 fully saturated rings. The fourth-order valence-electron chi connectivity index (χ4n) is 1.74. The molecule has 1 atom stereocenters. The van der Waals surface area contributed by atoms with Crippen LogP contribution in [0.25, 0.3) is 5.69 Å². The number of rotatable bonds is 3. The van der Waals surface area contributed by atoms with Crippen molar-refractivity contribution in [2.45, 2.75) is 19.8 Å². The second-order valence-corrected chi connectivity index (χ2v) is 4.07. The summed E-state index contributed by atoms with van der Waals surface area (Å²) in [6.45, 7) is 3.65. The van der Waals surface area contributed by atoms with Gasteiger partial charge in [-0.25, -0.2) is 4.68 Å². The normalized spacial score (nSPS) is 12.4. The van der Waals surface area contributed by atoms with Crippen LogP contribution in [0.15, 0.2) is 36.5 Å². The molecule has 0 aliphatic carbocycles. The number of aryl methyl sites for hydroxylation is 1. The molecular weight excluding hydrogens is 216 g/mol. The Balaban J connectivity index is 2.47. The van der Waals surface area contributed by atoms with E-state index in [1.165, 1.54) is 0 Å². The lowest BCUT2D eigenvalue weighted by molar-refractivity contribution is -0.138. The maximum atomic E-state index is 11.0. The molecule has 1 unspecified atom stereocenters. The molecule has 0 saturated heterocycles. The third-order valence-corrected chi connectivity index (χ3v) is 2.73. The van der Waals surface area contributed by atoms with Crippen LogP contribution >= 0.6 is 0 Å². The van der Waals surface area contributed by atoms with Crippen molar-refractivity contribution in [3.8, 4) is 5.69 Å². The SMILES string of the molecule is Cc1cccc(-n2nccc2C(C)C(=O)O)c1. The van der Waals surface area contributed by atoms with E-state index in [0.29, 0.717) is 5.69 Å². The molecule has 0 radical (unpaired) electrons. The minimum atomic E-state index is -0.848. The van der Waals surface area contributed by atoms with E-state index in [2.05, 4.69) is 5.10 Å². The zero-order valence-electron chi connectivity index (χ0n) is 9.79. The van der Waals surface area contributed by atoms with Crippen molar-refractivity contribution in [3.05, 3.63) is 47.8 Å². The van der Waals surface area contributed by atoms with Gasteiger partial charge in [-0.1, -0.05) is 12.1 Å². The highest BCUT2D eigenvalue weighted by Gasteiger charge is 2.18. The van der Waals surface area contributed by atoms with Gasteiger partial charge in [0, 0.05) is 6.20 Å². The summed E-state index contributed by atoms with van der Waals surface area (Å²) >= 11 is 0. The quantitative estimate of drug-likeness (QED) is 0.880. The Morgan fingerprint density at radius 2 is 2.18 bits per heavy atom. The van der Waals surface area contributed by atoms with Gasteiger partial charge in [-0.05, 0) is 37.6 Å². The minimum absolute atomic E-state index is 0.571. The summed E-state index contributed by atoms with van der Waals surface area (Å²) < 4.78 is 1.67. The van der Waals surface area contributed by atoms with Gasteiger partial charge in [0.25, 0.3) is 0 Å². The number of aromatic nitrogens is 2. The number of benzene rings is 1. The highest BCUT2D eigenvalue weighted by atomic mass is 16.4. The predicted molar refractivity (Wildman–Crippen MR) is 64.4 cm³/mol. The Kier molecular flexibility index (Phi) is 2.95. The molecule has 0 spiro atoms. The van der Waals surface area contributed by atoms with Gasteiger partial charge in [0.05, 0.1) is 17.3 Å². The van der Waals surface area contributed by atoms with E-state index >= 15 is 0 Å². The van der Waals surface area contributed by atoms with Gasteiger partial charge in [0.1, 0.15) is 0 Å². The molecule has 1 aromatic carbocycles. The zero-order chi connectivity index (χ0) is 12.4. The molecule has 0 bridgehead atoms. The van der Waals surface area contributed by atoms with E-state index in [1.807, 2.05) is 31.2 Å². The number of nitrogens with zero attached hydrogens (tertiary/aromatic N) is 2. The minimum Gasteiger partial charge on any atom is -0.481 e. The van der Waals surface area contributed by atoms with Gasteiger partial charge in [0.2, 0.25) is 0 Å². The van der Waals surface area contributed by atoms with E-state index in [4.69, 9.17) is 5.11 Å². The Bertz CT molecular complexity index is 546. The number of hydrogen-bond acceptors (Lipinski definition) is 2. The van der Waals surface area contributed by atoms with Gasteiger partial charge in [-0.2, -0.15) is 5.10 Å². The maximum Gasteiger partial charge on any atom is 0.312 e. The van der Waals surface area contributed by atoms with Gasteiger partial charge in [0.15, 0.2) is 0 Å². The van der Waals surface area contributed by atoms with Crippen molar-refractivity contribution in [2.75, 3.05) is 0 Å². The van der Waals surface area contributed by atoms with E-state index < -0.39 is 11.9 Å². The molecule has 0 amide bonds. The number of aliphatic carboxylic acids is 1. The lowest BCUT2D eigenvalue weighted by Crippen LogP contribution is -2.13. The molecule has 17 heavy (non-hydrogen) atoms. The molecule has 1 aromatic heterocycles. The van der Waals surface area contributed by atoms with Crippen LogP contribution in [0.5, 0.6) is 0 Å². The summed E-state index contributed by atoms with van der Waals surface area (Å²) in [7, 11) is 0. The van der Waals surface area contributed by atoms with Crippen LogP contribution in [-0.4, -0.2) is 20.9 Å². The first-order valence-electron chi connectivity index (χ1n) is 5.43. The summed E-state index contributed by atoms with van der Waals surface area (Å²) in [5.41, 5.74) is 2.69. The van der Waals surface area contributed by atoms with Crippen LogP contribution in [0.3, 0.4) is 0 Å². The smallest absolute Gasteiger partial charge is 0.312 e.